The molecule has 2 aromatic rings. The van der Waals surface area contributed by atoms with Crippen molar-refractivity contribution in [1.29, 1.82) is 0 Å². The molecule has 0 saturated carbocycles. The molecule has 1 atom stereocenters. The third kappa shape index (κ3) is 4.05. The van der Waals surface area contributed by atoms with E-state index in [1.165, 1.54) is 43.8 Å². The van der Waals surface area contributed by atoms with Crippen LogP contribution in [0, 0.1) is 0 Å². The van der Waals surface area contributed by atoms with Crippen molar-refractivity contribution < 1.29 is 32.5 Å². The number of benzene rings is 2. The predicted molar refractivity (Wildman–Crippen MR) is 110 cm³/mol. The normalized spacial score (nSPS) is 16.6. The Bertz CT molecular complexity index is 1070. The Kier molecular flexibility index (Phi) is 6.44. The van der Waals surface area contributed by atoms with E-state index in [1.807, 2.05) is 0 Å². The summed E-state index contributed by atoms with van der Waals surface area (Å²) in [4.78, 5) is 11.6. The highest BCUT2D eigenvalue weighted by molar-refractivity contribution is 7.89. The summed E-state index contributed by atoms with van der Waals surface area (Å²) in [5.74, 6) is 0.135. The van der Waals surface area contributed by atoms with Crippen LogP contribution in [0.4, 0.5) is 0 Å². The molecule has 1 aliphatic rings. The molecular formula is C20H22ClNO7S. The van der Waals surface area contributed by atoms with Crippen LogP contribution in [0.5, 0.6) is 17.2 Å². The quantitative estimate of drug-likeness (QED) is 0.684. The first-order chi connectivity index (χ1) is 14.2. The van der Waals surface area contributed by atoms with Crippen molar-refractivity contribution in [3.63, 3.8) is 0 Å². The smallest absolute Gasteiger partial charge is 0.305 e. The number of methoxy groups -OCH3 is 3. The van der Waals surface area contributed by atoms with Crippen LogP contribution in [0.25, 0.3) is 0 Å². The van der Waals surface area contributed by atoms with Crippen LogP contribution in [0.3, 0.4) is 0 Å². The topological polar surface area (TPSA) is 102 Å². The molecule has 0 amide bonds. The number of hydrogen-bond donors (Lipinski definition) is 1. The van der Waals surface area contributed by atoms with Gasteiger partial charge in [0.1, 0.15) is 5.75 Å². The van der Waals surface area contributed by atoms with Crippen molar-refractivity contribution in [2.45, 2.75) is 23.8 Å². The summed E-state index contributed by atoms with van der Waals surface area (Å²) in [6.07, 6.45) is 0.000519. The highest BCUT2D eigenvalue weighted by Gasteiger charge is 2.38. The Morgan fingerprint density at radius 1 is 1.10 bits per heavy atom. The Morgan fingerprint density at radius 3 is 2.30 bits per heavy atom. The third-order valence-electron chi connectivity index (χ3n) is 5.05. The van der Waals surface area contributed by atoms with Crippen molar-refractivity contribution in [3.8, 4) is 17.2 Å². The van der Waals surface area contributed by atoms with Gasteiger partial charge >= 0.3 is 5.97 Å². The molecule has 0 spiro atoms. The second-order valence-corrected chi connectivity index (χ2v) is 8.98. The van der Waals surface area contributed by atoms with E-state index in [9.17, 15) is 18.3 Å². The number of halogens is 1. The van der Waals surface area contributed by atoms with Gasteiger partial charge < -0.3 is 19.3 Å². The molecule has 162 valence electrons. The van der Waals surface area contributed by atoms with E-state index in [4.69, 9.17) is 25.8 Å². The molecule has 30 heavy (non-hydrogen) atoms. The summed E-state index contributed by atoms with van der Waals surface area (Å²) in [6.45, 7) is 0.117. The first-order valence-electron chi connectivity index (χ1n) is 9.05. The number of rotatable bonds is 7. The number of aliphatic carboxylic acids is 1. The molecule has 2 aromatic carbocycles. The average Bonchev–Trinajstić information content (AvgIpc) is 2.72. The van der Waals surface area contributed by atoms with Crippen LogP contribution < -0.4 is 14.2 Å². The Hall–Kier alpha value is -2.49. The van der Waals surface area contributed by atoms with Gasteiger partial charge in [-0.15, -0.1) is 0 Å². The molecule has 0 saturated heterocycles. The van der Waals surface area contributed by atoms with Crippen molar-refractivity contribution in [1.82, 2.24) is 4.31 Å². The van der Waals surface area contributed by atoms with Gasteiger partial charge in [0, 0.05) is 6.54 Å². The molecule has 1 unspecified atom stereocenters. The number of carbonyl (C=O) groups is 1. The van der Waals surface area contributed by atoms with Crippen LogP contribution in [-0.4, -0.2) is 51.7 Å². The maximum atomic E-state index is 13.4. The summed E-state index contributed by atoms with van der Waals surface area (Å²) < 4.78 is 43.7. The average molecular weight is 456 g/mol. The molecule has 1 heterocycles. The minimum atomic E-state index is -4.02. The fraction of sp³-hybridized carbons (Fsp3) is 0.350. The molecule has 1 aliphatic heterocycles. The van der Waals surface area contributed by atoms with Crippen molar-refractivity contribution >= 4 is 27.6 Å². The van der Waals surface area contributed by atoms with Crippen LogP contribution >= 0.6 is 11.6 Å². The first-order valence-corrected chi connectivity index (χ1v) is 10.9. The van der Waals surface area contributed by atoms with Crippen LogP contribution in [0.15, 0.2) is 35.2 Å². The van der Waals surface area contributed by atoms with Crippen LogP contribution in [0.2, 0.25) is 5.02 Å². The SMILES string of the molecule is COc1ccc(S(=O)(=O)N2CCc3cc(OC)c(OC)cc3C2CC(=O)O)cc1Cl. The van der Waals surface area contributed by atoms with E-state index in [0.29, 0.717) is 29.2 Å². The lowest BCUT2D eigenvalue weighted by Gasteiger charge is -2.36. The van der Waals surface area contributed by atoms with Crippen molar-refractivity contribution in [2.24, 2.45) is 0 Å². The highest BCUT2D eigenvalue weighted by Crippen LogP contribution is 2.42. The predicted octanol–water partition coefficient (Wildman–Crippen LogP) is 3.13. The molecule has 0 aliphatic carbocycles. The molecule has 0 aromatic heterocycles. The number of carboxylic acids is 1. The second kappa shape index (κ2) is 8.71. The van der Waals surface area contributed by atoms with Gasteiger partial charge in [-0.05, 0) is 47.9 Å². The van der Waals surface area contributed by atoms with E-state index >= 15 is 0 Å². The number of carboxylic acid groups (broad SMARTS) is 1. The van der Waals surface area contributed by atoms with Crippen LogP contribution in [-0.2, 0) is 21.2 Å². The Morgan fingerprint density at radius 2 is 1.73 bits per heavy atom. The van der Waals surface area contributed by atoms with E-state index < -0.39 is 28.5 Å². The zero-order valence-corrected chi connectivity index (χ0v) is 18.3. The molecule has 10 heteroatoms. The zero-order valence-electron chi connectivity index (χ0n) is 16.7. The number of nitrogens with zero attached hydrogens (tertiary/aromatic N) is 1. The maximum Gasteiger partial charge on any atom is 0.305 e. The van der Waals surface area contributed by atoms with Crippen LogP contribution in [0.1, 0.15) is 23.6 Å². The lowest BCUT2D eigenvalue weighted by Crippen LogP contribution is -2.41. The van der Waals surface area contributed by atoms with Crippen molar-refractivity contribution in [3.05, 3.63) is 46.5 Å². The molecule has 0 fully saturated rings. The molecule has 0 bridgehead atoms. The third-order valence-corrected chi connectivity index (χ3v) is 7.25. The summed E-state index contributed by atoms with van der Waals surface area (Å²) in [5, 5.41) is 9.62. The maximum absolute atomic E-state index is 13.4. The molecule has 3 rings (SSSR count). The Labute approximate surface area is 180 Å². The fourth-order valence-electron chi connectivity index (χ4n) is 3.61. The summed E-state index contributed by atoms with van der Waals surface area (Å²) >= 11 is 6.12. The van der Waals surface area contributed by atoms with Gasteiger partial charge in [-0.2, -0.15) is 4.31 Å². The van der Waals surface area contributed by atoms with E-state index in [1.54, 1.807) is 12.1 Å². The second-order valence-electron chi connectivity index (χ2n) is 6.68. The lowest BCUT2D eigenvalue weighted by atomic mass is 9.92. The molecule has 0 radical (unpaired) electrons. The van der Waals surface area contributed by atoms with Crippen molar-refractivity contribution in [2.75, 3.05) is 27.9 Å². The molecular weight excluding hydrogens is 434 g/mol. The number of ether oxygens (including phenoxy) is 3. The summed E-state index contributed by atoms with van der Waals surface area (Å²) in [6, 6.07) is 6.66. The van der Waals surface area contributed by atoms with Gasteiger partial charge in [-0.3, -0.25) is 4.79 Å². The fourth-order valence-corrected chi connectivity index (χ4v) is 5.57. The van der Waals surface area contributed by atoms with Gasteiger partial charge in [0.05, 0.1) is 43.7 Å². The molecule has 1 N–H and O–H groups in total. The van der Waals surface area contributed by atoms with Gasteiger partial charge in [0.25, 0.3) is 0 Å². The largest absolute Gasteiger partial charge is 0.495 e. The molecule has 8 nitrogen and oxygen atoms in total. The van der Waals surface area contributed by atoms with Gasteiger partial charge in [0.15, 0.2) is 11.5 Å². The number of hydrogen-bond acceptors (Lipinski definition) is 6. The lowest BCUT2D eigenvalue weighted by molar-refractivity contribution is -0.138. The standard InChI is InChI=1S/C20H22ClNO7S/c1-27-17-5-4-13(9-15(17)21)30(25,26)22-7-6-12-8-18(28-2)19(29-3)10-14(12)16(22)11-20(23)24/h4-5,8-10,16H,6-7,11H2,1-3H3,(H,23,24). The summed E-state index contributed by atoms with van der Waals surface area (Å²) in [7, 11) is 0.379. The van der Waals surface area contributed by atoms with E-state index in [0.717, 1.165) is 5.56 Å². The van der Waals surface area contributed by atoms with Gasteiger partial charge in [0.2, 0.25) is 10.0 Å². The number of sulfonamides is 1. The van der Waals surface area contributed by atoms with Gasteiger partial charge in [-0.1, -0.05) is 11.6 Å². The Balaban J connectivity index is 2.10. The summed E-state index contributed by atoms with van der Waals surface area (Å²) in [5.41, 5.74) is 1.39. The first kappa shape index (κ1) is 22.2. The van der Waals surface area contributed by atoms with E-state index in [2.05, 4.69) is 0 Å². The minimum absolute atomic E-state index is 0.0346. The van der Waals surface area contributed by atoms with Gasteiger partial charge in [-0.25, -0.2) is 8.42 Å². The monoisotopic (exact) mass is 455 g/mol. The number of fused-ring (bicyclic) bond motifs is 1. The van der Waals surface area contributed by atoms with E-state index in [-0.39, 0.29) is 16.5 Å². The minimum Gasteiger partial charge on any atom is -0.495 e. The highest BCUT2D eigenvalue weighted by atomic mass is 35.5. The zero-order chi connectivity index (χ0) is 22.1.